The quantitative estimate of drug-likeness (QED) is 0.586. The highest BCUT2D eigenvalue weighted by Crippen LogP contribution is 2.49. The van der Waals surface area contributed by atoms with Gasteiger partial charge >= 0.3 is 0 Å². The highest BCUT2D eigenvalue weighted by atomic mass is 79.9. The van der Waals surface area contributed by atoms with E-state index in [2.05, 4.69) is 45.3 Å². The fourth-order valence-electron chi connectivity index (χ4n) is 3.89. The second-order valence-corrected chi connectivity index (χ2v) is 8.38. The molecule has 1 atom stereocenters. The fourth-order valence-corrected chi connectivity index (χ4v) is 4.26. The standard InChI is InChI=1S/C18H18BrN3O3/c1-18(2)6-10-14(12(24)7-18)13(9-5-8(19)3-4-11(9)23)15-16(20-10)21-22-17(15)25/h3-5,13,23H,6-7H2,1-2H3,(H3,20,21,22,25)/t13-/m1/s1. The van der Waals surface area contributed by atoms with Gasteiger partial charge < -0.3 is 10.4 Å². The maximum absolute atomic E-state index is 13.0. The Morgan fingerprint density at radius 3 is 2.72 bits per heavy atom. The minimum atomic E-state index is -0.595. The number of rotatable bonds is 1. The maximum atomic E-state index is 13.0. The molecule has 4 rings (SSSR count). The smallest absolute Gasteiger partial charge is 0.270 e. The van der Waals surface area contributed by atoms with Crippen LogP contribution in [-0.2, 0) is 4.79 Å². The van der Waals surface area contributed by atoms with Gasteiger partial charge in [-0.05, 0) is 30.0 Å². The number of anilines is 1. The molecule has 0 unspecified atom stereocenters. The van der Waals surface area contributed by atoms with Crippen LogP contribution in [0.3, 0.4) is 0 Å². The summed E-state index contributed by atoms with van der Waals surface area (Å²) in [6.07, 6.45) is 1.11. The summed E-state index contributed by atoms with van der Waals surface area (Å²) in [6, 6.07) is 5.06. The molecule has 130 valence electrons. The van der Waals surface area contributed by atoms with Crippen LogP contribution in [0, 0.1) is 5.41 Å². The van der Waals surface area contributed by atoms with Gasteiger partial charge in [0, 0.05) is 27.7 Å². The maximum Gasteiger partial charge on any atom is 0.270 e. The zero-order chi connectivity index (χ0) is 17.9. The summed E-state index contributed by atoms with van der Waals surface area (Å²) in [6.45, 7) is 4.11. The highest BCUT2D eigenvalue weighted by molar-refractivity contribution is 9.10. The summed E-state index contributed by atoms with van der Waals surface area (Å²) in [5.41, 5.74) is 1.92. The molecule has 1 aliphatic heterocycles. The minimum Gasteiger partial charge on any atom is -0.508 e. The molecule has 4 N–H and O–H groups in total. The molecule has 2 heterocycles. The summed E-state index contributed by atoms with van der Waals surface area (Å²) >= 11 is 3.41. The lowest BCUT2D eigenvalue weighted by Gasteiger charge is -2.38. The number of carbonyl (C=O) groups excluding carboxylic acids is 1. The van der Waals surface area contributed by atoms with Crippen LogP contribution in [0.15, 0.2) is 38.7 Å². The van der Waals surface area contributed by atoms with E-state index in [0.29, 0.717) is 35.4 Å². The van der Waals surface area contributed by atoms with Crippen molar-refractivity contribution in [2.45, 2.75) is 32.6 Å². The zero-order valence-electron chi connectivity index (χ0n) is 13.9. The number of hydrogen-bond donors (Lipinski definition) is 4. The molecule has 0 saturated heterocycles. The van der Waals surface area contributed by atoms with Gasteiger partial charge in [-0.2, -0.15) is 0 Å². The Hall–Kier alpha value is -2.28. The van der Waals surface area contributed by atoms with E-state index in [-0.39, 0.29) is 22.5 Å². The Morgan fingerprint density at radius 2 is 1.96 bits per heavy atom. The van der Waals surface area contributed by atoms with Crippen molar-refractivity contribution >= 4 is 27.5 Å². The van der Waals surface area contributed by atoms with E-state index in [1.54, 1.807) is 18.2 Å². The molecular weight excluding hydrogens is 386 g/mol. The third-order valence-electron chi connectivity index (χ3n) is 4.89. The number of carbonyl (C=O) groups is 1. The first-order valence-electron chi connectivity index (χ1n) is 8.09. The van der Waals surface area contributed by atoms with Crippen molar-refractivity contribution in [3.05, 3.63) is 55.4 Å². The first kappa shape index (κ1) is 16.2. The van der Waals surface area contributed by atoms with Gasteiger partial charge in [0.25, 0.3) is 5.56 Å². The average molecular weight is 404 g/mol. The number of aromatic amines is 2. The van der Waals surface area contributed by atoms with Gasteiger partial charge in [-0.25, -0.2) is 0 Å². The average Bonchev–Trinajstić information content (AvgIpc) is 2.87. The monoisotopic (exact) mass is 403 g/mol. The predicted octanol–water partition coefficient (Wildman–Crippen LogP) is 3.37. The predicted molar refractivity (Wildman–Crippen MR) is 97.7 cm³/mol. The van der Waals surface area contributed by atoms with E-state index in [4.69, 9.17) is 0 Å². The molecule has 0 amide bonds. The number of H-pyrrole nitrogens is 2. The molecule has 6 nitrogen and oxygen atoms in total. The van der Waals surface area contributed by atoms with Crippen LogP contribution in [0.25, 0.3) is 0 Å². The SMILES string of the molecule is CC1(C)CC(=O)C2=C(C1)Nc1[nH][nH]c(=O)c1[C@@H]2c1cc(Br)ccc1O. The number of allylic oxidation sites excluding steroid dienone is 2. The summed E-state index contributed by atoms with van der Waals surface area (Å²) < 4.78 is 0.776. The van der Waals surface area contributed by atoms with Crippen molar-refractivity contribution < 1.29 is 9.90 Å². The molecule has 25 heavy (non-hydrogen) atoms. The normalized spacial score (nSPS) is 21.6. The minimum absolute atomic E-state index is 0.00868. The van der Waals surface area contributed by atoms with E-state index >= 15 is 0 Å². The molecular formula is C18H18BrN3O3. The van der Waals surface area contributed by atoms with Crippen LogP contribution in [0.4, 0.5) is 5.82 Å². The number of benzene rings is 1. The zero-order valence-corrected chi connectivity index (χ0v) is 15.5. The molecule has 1 aliphatic carbocycles. The molecule has 1 aromatic carbocycles. The van der Waals surface area contributed by atoms with Crippen molar-refractivity contribution in [3.8, 4) is 5.75 Å². The van der Waals surface area contributed by atoms with Crippen LogP contribution in [0.2, 0.25) is 0 Å². The van der Waals surface area contributed by atoms with Gasteiger partial charge in [0.2, 0.25) is 0 Å². The van der Waals surface area contributed by atoms with Crippen LogP contribution in [0.5, 0.6) is 5.75 Å². The molecule has 0 radical (unpaired) electrons. The van der Waals surface area contributed by atoms with Crippen LogP contribution < -0.4 is 10.9 Å². The Labute approximate surface area is 152 Å². The second-order valence-electron chi connectivity index (χ2n) is 7.46. The first-order chi connectivity index (χ1) is 11.8. The van der Waals surface area contributed by atoms with E-state index in [0.717, 1.165) is 10.2 Å². The van der Waals surface area contributed by atoms with Gasteiger partial charge in [-0.1, -0.05) is 29.8 Å². The van der Waals surface area contributed by atoms with E-state index < -0.39 is 5.92 Å². The molecule has 0 bridgehead atoms. The Morgan fingerprint density at radius 1 is 1.20 bits per heavy atom. The number of ketones is 1. The Balaban J connectivity index is 2.00. The highest BCUT2D eigenvalue weighted by Gasteiger charge is 2.43. The lowest BCUT2D eigenvalue weighted by atomic mass is 9.69. The molecule has 0 saturated carbocycles. The first-order valence-corrected chi connectivity index (χ1v) is 8.88. The molecule has 2 aromatic rings. The number of phenolic OH excluding ortho intramolecular Hbond substituents is 1. The molecule has 7 heteroatoms. The second kappa shape index (κ2) is 5.36. The summed E-state index contributed by atoms with van der Waals surface area (Å²) in [5, 5.41) is 19.1. The van der Waals surface area contributed by atoms with Gasteiger partial charge in [-0.15, -0.1) is 0 Å². The van der Waals surface area contributed by atoms with Crippen LogP contribution in [-0.4, -0.2) is 21.1 Å². The largest absolute Gasteiger partial charge is 0.508 e. The third kappa shape index (κ3) is 2.54. The van der Waals surface area contributed by atoms with Gasteiger partial charge in [0.1, 0.15) is 11.6 Å². The lowest BCUT2D eigenvalue weighted by Crippen LogP contribution is -2.35. The number of fused-ring (bicyclic) bond motifs is 1. The number of phenols is 1. The van der Waals surface area contributed by atoms with Gasteiger partial charge in [-0.3, -0.25) is 19.8 Å². The molecule has 2 aliphatic rings. The Kier molecular flexibility index (Phi) is 3.47. The van der Waals surface area contributed by atoms with Gasteiger partial charge in [0.15, 0.2) is 5.78 Å². The van der Waals surface area contributed by atoms with E-state index in [9.17, 15) is 14.7 Å². The molecule has 1 aromatic heterocycles. The van der Waals surface area contributed by atoms with Crippen molar-refractivity contribution in [2.75, 3.05) is 5.32 Å². The third-order valence-corrected chi connectivity index (χ3v) is 5.38. The topological polar surface area (TPSA) is 98.0 Å². The summed E-state index contributed by atoms with van der Waals surface area (Å²) in [5.74, 6) is 0.0292. The van der Waals surface area contributed by atoms with Crippen LogP contribution >= 0.6 is 15.9 Å². The van der Waals surface area contributed by atoms with Gasteiger partial charge in [0.05, 0.1) is 11.5 Å². The number of nitrogens with one attached hydrogen (secondary N) is 3. The molecule has 0 spiro atoms. The van der Waals surface area contributed by atoms with Crippen molar-refractivity contribution in [1.29, 1.82) is 0 Å². The van der Waals surface area contributed by atoms with E-state index in [1.165, 1.54) is 0 Å². The van der Waals surface area contributed by atoms with E-state index in [1.807, 2.05) is 0 Å². The lowest BCUT2D eigenvalue weighted by molar-refractivity contribution is -0.118. The number of aromatic hydroxyl groups is 1. The number of hydrogen-bond acceptors (Lipinski definition) is 4. The van der Waals surface area contributed by atoms with Crippen molar-refractivity contribution in [2.24, 2.45) is 5.41 Å². The van der Waals surface area contributed by atoms with Crippen molar-refractivity contribution in [3.63, 3.8) is 0 Å². The van der Waals surface area contributed by atoms with Crippen molar-refractivity contribution in [1.82, 2.24) is 10.2 Å². The number of Topliss-reactive ketones (excluding diaryl/α,β-unsaturated/α-hetero) is 1. The number of aromatic nitrogens is 2. The molecule has 0 fully saturated rings. The summed E-state index contributed by atoms with van der Waals surface area (Å²) in [4.78, 5) is 25.4. The van der Waals surface area contributed by atoms with Crippen LogP contribution in [0.1, 0.15) is 43.7 Å². The fraction of sp³-hybridized carbons (Fsp3) is 0.333. The Bertz CT molecular complexity index is 984. The summed E-state index contributed by atoms with van der Waals surface area (Å²) in [7, 11) is 0. The number of halogens is 1.